The molecule has 2 rings (SSSR count). The van der Waals surface area contributed by atoms with Crippen LogP contribution in [0.5, 0.6) is 5.75 Å². The van der Waals surface area contributed by atoms with Crippen molar-refractivity contribution in [2.75, 3.05) is 6.61 Å². The molecule has 0 saturated heterocycles. The Morgan fingerprint density at radius 3 is 2.43 bits per heavy atom. The summed E-state index contributed by atoms with van der Waals surface area (Å²) in [7, 11) is -3.98. The number of halogens is 1. The molecule has 2 N–H and O–H groups in total. The molecule has 0 heterocycles. The van der Waals surface area contributed by atoms with Crippen molar-refractivity contribution in [2.24, 2.45) is 0 Å². The van der Waals surface area contributed by atoms with E-state index in [1.807, 2.05) is 51.1 Å². The van der Waals surface area contributed by atoms with Crippen LogP contribution in [0.1, 0.15) is 39.2 Å². The van der Waals surface area contributed by atoms with E-state index in [0.29, 0.717) is 12.4 Å². The van der Waals surface area contributed by atoms with Gasteiger partial charge in [0.25, 0.3) is 0 Å². The molecule has 0 unspecified atom stereocenters. The van der Waals surface area contributed by atoms with Gasteiger partial charge in [-0.2, -0.15) is 4.72 Å². The lowest BCUT2D eigenvalue weighted by molar-refractivity contribution is -0.123. The molecule has 0 spiro atoms. The van der Waals surface area contributed by atoms with Crippen LogP contribution < -0.4 is 14.8 Å². The summed E-state index contributed by atoms with van der Waals surface area (Å²) in [4.78, 5) is 12.8. The van der Waals surface area contributed by atoms with E-state index in [1.165, 1.54) is 18.2 Å². The molecule has 2 aromatic rings. The zero-order valence-electron chi connectivity index (χ0n) is 17.5. The van der Waals surface area contributed by atoms with Gasteiger partial charge in [-0.15, -0.1) is 0 Å². The normalized spacial score (nSPS) is 13.5. The second kappa shape index (κ2) is 11.3. The quantitative estimate of drug-likeness (QED) is 0.541. The molecule has 0 saturated carbocycles. The first kappa shape index (κ1) is 24.2. The van der Waals surface area contributed by atoms with E-state index < -0.39 is 16.1 Å². The molecule has 0 aliphatic heterocycles. The van der Waals surface area contributed by atoms with Crippen molar-refractivity contribution in [1.82, 2.24) is 10.0 Å². The van der Waals surface area contributed by atoms with Crippen molar-refractivity contribution in [2.45, 2.75) is 57.0 Å². The van der Waals surface area contributed by atoms with Gasteiger partial charge >= 0.3 is 0 Å². The minimum absolute atomic E-state index is 0.0246. The number of hydrogen-bond acceptors (Lipinski definition) is 4. The molecule has 0 aliphatic carbocycles. The third-order valence-electron chi connectivity index (χ3n) is 4.52. The fourth-order valence-corrected chi connectivity index (χ4v) is 4.58. The predicted molar refractivity (Wildman–Crippen MR) is 119 cm³/mol. The standard InChI is InChI=1S/C22H29ClN2O4S/c1-4-9-16(3)24-22(26)20(14-17-10-7-6-8-11-17)25-30(27,28)18-12-13-21(29-5-2)19(23)15-18/h6-8,10-13,15-16,20,25H,4-5,9,14H2,1-3H3,(H,24,26)/t16-,20+/m1/s1. The summed E-state index contributed by atoms with van der Waals surface area (Å²) in [5.74, 6) is 0.0468. The highest BCUT2D eigenvalue weighted by molar-refractivity contribution is 7.89. The lowest BCUT2D eigenvalue weighted by atomic mass is 10.1. The number of amides is 1. The van der Waals surface area contributed by atoms with Gasteiger partial charge in [0.05, 0.1) is 16.5 Å². The maximum Gasteiger partial charge on any atom is 0.241 e. The molecule has 30 heavy (non-hydrogen) atoms. The highest BCUT2D eigenvalue weighted by atomic mass is 35.5. The predicted octanol–water partition coefficient (Wildman–Crippen LogP) is 3.93. The van der Waals surface area contributed by atoms with Gasteiger partial charge in [-0.25, -0.2) is 8.42 Å². The first-order valence-electron chi connectivity index (χ1n) is 10.1. The number of rotatable bonds is 11. The van der Waals surface area contributed by atoms with Crippen LogP contribution in [-0.2, 0) is 21.2 Å². The van der Waals surface area contributed by atoms with Gasteiger partial charge in [0, 0.05) is 6.04 Å². The molecule has 164 valence electrons. The number of benzene rings is 2. The molecule has 8 heteroatoms. The Hall–Kier alpha value is -2.09. The first-order valence-corrected chi connectivity index (χ1v) is 11.9. The maximum absolute atomic E-state index is 13.0. The van der Waals surface area contributed by atoms with Crippen LogP contribution in [0.3, 0.4) is 0 Å². The smallest absolute Gasteiger partial charge is 0.241 e. The molecular weight excluding hydrogens is 424 g/mol. The highest BCUT2D eigenvalue weighted by Crippen LogP contribution is 2.27. The Labute approximate surface area is 184 Å². The van der Waals surface area contributed by atoms with E-state index in [4.69, 9.17) is 16.3 Å². The van der Waals surface area contributed by atoms with Crippen LogP contribution in [0.25, 0.3) is 0 Å². The van der Waals surface area contributed by atoms with Gasteiger partial charge in [-0.1, -0.05) is 55.3 Å². The zero-order chi connectivity index (χ0) is 22.1. The van der Waals surface area contributed by atoms with Crippen molar-refractivity contribution in [3.8, 4) is 5.75 Å². The van der Waals surface area contributed by atoms with Crippen LogP contribution in [-0.4, -0.2) is 33.0 Å². The van der Waals surface area contributed by atoms with E-state index in [0.717, 1.165) is 18.4 Å². The number of hydrogen-bond donors (Lipinski definition) is 2. The number of ether oxygens (including phenoxy) is 1. The summed E-state index contributed by atoms with van der Waals surface area (Å²) < 4.78 is 33.9. The third-order valence-corrected chi connectivity index (χ3v) is 6.29. The monoisotopic (exact) mass is 452 g/mol. The van der Waals surface area contributed by atoms with E-state index in [1.54, 1.807) is 0 Å². The van der Waals surface area contributed by atoms with Crippen LogP contribution in [0.4, 0.5) is 0 Å². The van der Waals surface area contributed by atoms with Gasteiger partial charge < -0.3 is 10.1 Å². The SMILES string of the molecule is CCC[C@@H](C)NC(=O)[C@H](Cc1ccccc1)NS(=O)(=O)c1ccc(OCC)c(Cl)c1. The fraction of sp³-hybridized carbons (Fsp3) is 0.409. The van der Waals surface area contributed by atoms with Crippen molar-refractivity contribution < 1.29 is 17.9 Å². The Morgan fingerprint density at radius 2 is 1.83 bits per heavy atom. The Kier molecular flexibility index (Phi) is 9.14. The number of carbonyl (C=O) groups is 1. The van der Waals surface area contributed by atoms with Crippen LogP contribution >= 0.6 is 11.6 Å². The molecule has 0 aromatic heterocycles. The second-order valence-corrected chi connectivity index (χ2v) is 9.21. The number of carbonyl (C=O) groups excluding carboxylic acids is 1. The number of nitrogens with one attached hydrogen (secondary N) is 2. The van der Waals surface area contributed by atoms with Crippen LogP contribution in [0.2, 0.25) is 5.02 Å². The fourth-order valence-electron chi connectivity index (χ4n) is 3.06. The van der Waals surface area contributed by atoms with Crippen molar-refractivity contribution in [3.05, 3.63) is 59.1 Å². The minimum Gasteiger partial charge on any atom is -0.492 e. The third kappa shape index (κ3) is 7.00. The lowest BCUT2D eigenvalue weighted by Crippen LogP contribution is -2.50. The summed E-state index contributed by atoms with van der Waals surface area (Å²) >= 11 is 6.15. The molecule has 1 amide bonds. The average Bonchev–Trinajstić information content (AvgIpc) is 2.70. The molecule has 0 bridgehead atoms. The Morgan fingerprint density at radius 1 is 1.13 bits per heavy atom. The number of sulfonamides is 1. The second-order valence-electron chi connectivity index (χ2n) is 7.09. The molecular formula is C22H29ClN2O4S. The average molecular weight is 453 g/mol. The largest absolute Gasteiger partial charge is 0.492 e. The van der Waals surface area contributed by atoms with E-state index >= 15 is 0 Å². The summed E-state index contributed by atoms with van der Waals surface area (Å²) in [5.41, 5.74) is 0.855. The van der Waals surface area contributed by atoms with Gasteiger partial charge in [0.15, 0.2) is 0 Å². The minimum atomic E-state index is -3.98. The zero-order valence-corrected chi connectivity index (χ0v) is 19.1. The van der Waals surface area contributed by atoms with Gasteiger partial charge in [-0.3, -0.25) is 4.79 Å². The lowest BCUT2D eigenvalue weighted by Gasteiger charge is -2.21. The molecule has 6 nitrogen and oxygen atoms in total. The summed E-state index contributed by atoms with van der Waals surface area (Å²) in [6, 6.07) is 12.5. The molecule has 0 radical (unpaired) electrons. The molecule has 2 atom stereocenters. The summed E-state index contributed by atoms with van der Waals surface area (Å²) in [5, 5.41) is 3.10. The van der Waals surface area contributed by atoms with Crippen molar-refractivity contribution in [3.63, 3.8) is 0 Å². The Bertz CT molecular complexity index is 935. The maximum atomic E-state index is 13.0. The van der Waals surface area contributed by atoms with E-state index in [-0.39, 0.29) is 28.3 Å². The van der Waals surface area contributed by atoms with Gasteiger partial charge in [0.2, 0.25) is 15.9 Å². The first-order chi connectivity index (χ1) is 14.3. The molecule has 0 aliphatic rings. The van der Waals surface area contributed by atoms with Crippen LogP contribution in [0, 0.1) is 0 Å². The Balaban J connectivity index is 2.26. The topological polar surface area (TPSA) is 84.5 Å². The van der Waals surface area contributed by atoms with Gasteiger partial charge in [0.1, 0.15) is 11.8 Å². The van der Waals surface area contributed by atoms with Crippen LogP contribution in [0.15, 0.2) is 53.4 Å². The van der Waals surface area contributed by atoms with Gasteiger partial charge in [-0.05, 0) is 50.5 Å². The van der Waals surface area contributed by atoms with Crippen molar-refractivity contribution >= 4 is 27.5 Å². The molecule has 2 aromatic carbocycles. The summed E-state index contributed by atoms with van der Waals surface area (Å²) in [6.07, 6.45) is 1.96. The van der Waals surface area contributed by atoms with E-state index in [9.17, 15) is 13.2 Å². The summed E-state index contributed by atoms with van der Waals surface area (Å²) in [6.45, 7) is 6.17. The van der Waals surface area contributed by atoms with Crippen molar-refractivity contribution in [1.29, 1.82) is 0 Å². The highest BCUT2D eigenvalue weighted by Gasteiger charge is 2.27. The molecule has 0 fully saturated rings. The van der Waals surface area contributed by atoms with E-state index in [2.05, 4.69) is 10.0 Å².